The second kappa shape index (κ2) is 8.60. The van der Waals surface area contributed by atoms with Gasteiger partial charge in [-0.3, -0.25) is 4.79 Å². The quantitative estimate of drug-likeness (QED) is 0.763. The number of rotatable bonds is 7. The van der Waals surface area contributed by atoms with Crippen molar-refractivity contribution in [1.29, 1.82) is 0 Å². The number of para-hydroxylation sites is 1. The van der Waals surface area contributed by atoms with Crippen LogP contribution in [0.25, 0.3) is 0 Å². The summed E-state index contributed by atoms with van der Waals surface area (Å²) in [6.45, 7) is 3.60. The first-order chi connectivity index (χ1) is 11.5. The molecule has 0 unspecified atom stereocenters. The van der Waals surface area contributed by atoms with Crippen molar-refractivity contribution in [2.24, 2.45) is 0 Å². The van der Waals surface area contributed by atoms with Crippen LogP contribution in [0.3, 0.4) is 0 Å². The molecule has 0 saturated carbocycles. The molecule has 0 aromatic heterocycles. The fourth-order valence-corrected chi connectivity index (χ4v) is 2.72. The van der Waals surface area contributed by atoms with E-state index in [0.717, 1.165) is 23.5 Å². The van der Waals surface area contributed by atoms with E-state index in [1.54, 1.807) is 25.1 Å². The molecule has 0 aliphatic heterocycles. The number of anilines is 1. The van der Waals surface area contributed by atoms with E-state index in [4.69, 9.17) is 16.3 Å². The summed E-state index contributed by atoms with van der Waals surface area (Å²) >= 11 is 6.06. The van der Waals surface area contributed by atoms with Crippen LogP contribution in [-0.2, 0) is 11.3 Å². The van der Waals surface area contributed by atoms with Crippen molar-refractivity contribution >= 4 is 23.2 Å². The zero-order valence-electron chi connectivity index (χ0n) is 14.3. The Labute approximate surface area is 148 Å². The minimum absolute atomic E-state index is 0.0442. The fourth-order valence-electron chi connectivity index (χ4n) is 2.52. The van der Waals surface area contributed by atoms with E-state index < -0.39 is 0 Å². The number of carbonyl (C=O) groups excluding carboxylic acids is 1. The van der Waals surface area contributed by atoms with Gasteiger partial charge in [-0.05, 0) is 37.3 Å². The molecule has 5 heteroatoms. The van der Waals surface area contributed by atoms with Crippen LogP contribution in [-0.4, -0.2) is 38.1 Å². The number of carbonyl (C=O) groups is 1. The van der Waals surface area contributed by atoms with Crippen LogP contribution in [0.15, 0.2) is 48.5 Å². The molecule has 0 atom stereocenters. The van der Waals surface area contributed by atoms with Crippen molar-refractivity contribution in [3.63, 3.8) is 0 Å². The lowest BCUT2D eigenvalue weighted by Gasteiger charge is -2.26. The number of methoxy groups -OCH3 is 1. The van der Waals surface area contributed by atoms with Gasteiger partial charge in [-0.1, -0.05) is 29.8 Å². The highest BCUT2D eigenvalue weighted by Gasteiger charge is 2.16. The van der Waals surface area contributed by atoms with Crippen LogP contribution in [0.4, 0.5) is 5.69 Å². The minimum atomic E-state index is 0.0442. The first kappa shape index (κ1) is 18.1. The average molecular weight is 347 g/mol. The van der Waals surface area contributed by atoms with Gasteiger partial charge in [-0.2, -0.15) is 0 Å². The summed E-state index contributed by atoms with van der Waals surface area (Å²) in [5.41, 5.74) is 1.94. The van der Waals surface area contributed by atoms with Gasteiger partial charge in [0.1, 0.15) is 5.75 Å². The molecule has 2 rings (SSSR count). The van der Waals surface area contributed by atoms with Gasteiger partial charge >= 0.3 is 0 Å². The predicted molar refractivity (Wildman–Crippen MR) is 98.8 cm³/mol. The molecule has 0 N–H and O–H groups in total. The number of nitrogens with zero attached hydrogens (tertiary/aromatic N) is 2. The smallest absolute Gasteiger partial charge is 0.242 e. The van der Waals surface area contributed by atoms with Crippen molar-refractivity contribution in [3.05, 3.63) is 59.1 Å². The summed E-state index contributed by atoms with van der Waals surface area (Å²) in [6, 6.07) is 15.4. The van der Waals surface area contributed by atoms with Crippen LogP contribution in [0, 0.1) is 0 Å². The Balaban J connectivity index is 2.05. The van der Waals surface area contributed by atoms with Crippen molar-refractivity contribution < 1.29 is 9.53 Å². The Morgan fingerprint density at radius 2 is 1.88 bits per heavy atom. The van der Waals surface area contributed by atoms with Gasteiger partial charge in [0, 0.05) is 36.4 Å². The SMILES string of the molecule is CCN(CC(=O)N(C)Cc1cc(Cl)ccc1OC)c1ccccc1. The molecule has 0 radical (unpaired) electrons. The normalized spacial score (nSPS) is 10.3. The van der Waals surface area contributed by atoms with Gasteiger partial charge in [0.05, 0.1) is 13.7 Å². The number of halogens is 1. The Kier molecular flexibility index (Phi) is 6.50. The Morgan fingerprint density at radius 1 is 1.17 bits per heavy atom. The summed E-state index contributed by atoms with van der Waals surface area (Å²) in [5.74, 6) is 0.775. The molecule has 0 bridgehead atoms. The molecular formula is C19H23ClN2O2. The van der Waals surface area contributed by atoms with Crippen LogP contribution in [0.1, 0.15) is 12.5 Å². The monoisotopic (exact) mass is 346 g/mol. The van der Waals surface area contributed by atoms with E-state index in [9.17, 15) is 4.79 Å². The van der Waals surface area contributed by atoms with E-state index in [1.165, 1.54) is 0 Å². The molecule has 0 saturated heterocycles. The molecule has 0 heterocycles. The average Bonchev–Trinajstić information content (AvgIpc) is 2.60. The summed E-state index contributed by atoms with van der Waals surface area (Å²) in [7, 11) is 3.41. The molecular weight excluding hydrogens is 324 g/mol. The second-order valence-corrected chi connectivity index (χ2v) is 5.99. The van der Waals surface area contributed by atoms with Gasteiger partial charge in [-0.25, -0.2) is 0 Å². The highest BCUT2D eigenvalue weighted by atomic mass is 35.5. The number of hydrogen-bond acceptors (Lipinski definition) is 3. The number of amides is 1. The minimum Gasteiger partial charge on any atom is -0.496 e. The third-order valence-corrected chi connectivity index (χ3v) is 4.14. The highest BCUT2D eigenvalue weighted by Crippen LogP contribution is 2.24. The zero-order valence-corrected chi connectivity index (χ0v) is 15.1. The third-order valence-electron chi connectivity index (χ3n) is 3.90. The van der Waals surface area contributed by atoms with E-state index in [-0.39, 0.29) is 5.91 Å². The van der Waals surface area contributed by atoms with Crippen LogP contribution in [0.2, 0.25) is 5.02 Å². The maximum absolute atomic E-state index is 12.6. The van der Waals surface area contributed by atoms with Gasteiger partial charge in [0.25, 0.3) is 0 Å². The molecule has 4 nitrogen and oxygen atoms in total. The van der Waals surface area contributed by atoms with Crippen LogP contribution >= 0.6 is 11.6 Å². The molecule has 0 spiro atoms. The van der Waals surface area contributed by atoms with E-state index in [0.29, 0.717) is 18.1 Å². The van der Waals surface area contributed by atoms with Crippen molar-refractivity contribution in [2.45, 2.75) is 13.5 Å². The lowest BCUT2D eigenvalue weighted by atomic mass is 10.2. The highest BCUT2D eigenvalue weighted by molar-refractivity contribution is 6.30. The maximum atomic E-state index is 12.6. The first-order valence-corrected chi connectivity index (χ1v) is 8.29. The molecule has 2 aromatic rings. The standard InChI is InChI=1S/C19H23ClN2O2/c1-4-22(17-8-6-5-7-9-17)14-19(23)21(2)13-15-12-16(20)10-11-18(15)24-3/h5-12H,4,13-14H2,1-3H3. The van der Waals surface area contributed by atoms with E-state index in [2.05, 4.69) is 0 Å². The number of hydrogen-bond donors (Lipinski definition) is 0. The second-order valence-electron chi connectivity index (χ2n) is 5.56. The molecule has 0 aliphatic carbocycles. The van der Waals surface area contributed by atoms with Crippen molar-refractivity contribution in [2.75, 3.05) is 32.1 Å². The van der Waals surface area contributed by atoms with Crippen LogP contribution in [0.5, 0.6) is 5.75 Å². The summed E-state index contributed by atoms with van der Waals surface area (Å²) in [6.07, 6.45) is 0. The fraction of sp³-hybridized carbons (Fsp3) is 0.316. The lowest BCUT2D eigenvalue weighted by Crippen LogP contribution is -2.38. The Morgan fingerprint density at radius 3 is 2.50 bits per heavy atom. The largest absolute Gasteiger partial charge is 0.496 e. The molecule has 2 aromatic carbocycles. The molecule has 0 fully saturated rings. The van der Waals surface area contributed by atoms with Gasteiger partial charge < -0.3 is 14.5 Å². The summed E-state index contributed by atoms with van der Waals surface area (Å²) in [5, 5.41) is 0.631. The molecule has 0 aliphatic rings. The van der Waals surface area contributed by atoms with E-state index in [1.807, 2.05) is 54.3 Å². The Bertz CT molecular complexity index is 676. The summed E-state index contributed by atoms with van der Waals surface area (Å²) < 4.78 is 5.35. The van der Waals surface area contributed by atoms with E-state index >= 15 is 0 Å². The van der Waals surface area contributed by atoms with Gasteiger partial charge in [0.15, 0.2) is 0 Å². The number of likely N-dealkylation sites (N-methyl/N-ethyl adjacent to an activating group) is 2. The van der Waals surface area contributed by atoms with Crippen molar-refractivity contribution in [1.82, 2.24) is 4.90 Å². The molecule has 128 valence electrons. The molecule has 24 heavy (non-hydrogen) atoms. The zero-order chi connectivity index (χ0) is 17.5. The molecule has 1 amide bonds. The first-order valence-electron chi connectivity index (χ1n) is 7.91. The lowest BCUT2D eigenvalue weighted by molar-refractivity contribution is -0.128. The third kappa shape index (κ3) is 4.65. The predicted octanol–water partition coefficient (Wildman–Crippen LogP) is 3.83. The van der Waals surface area contributed by atoms with Crippen LogP contribution < -0.4 is 9.64 Å². The topological polar surface area (TPSA) is 32.8 Å². The maximum Gasteiger partial charge on any atom is 0.242 e. The number of benzene rings is 2. The van der Waals surface area contributed by atoms with Gasteiger partial charge in [0.2, 0.25) is 5.91 Å². The Hall–Kier alpha value is -2.20. The van der Waals surface area contributed by atoms with Crippen molar-refractivity contribution in [3.8, 4) is 5.75 Å². The number of ether oxygens (including phenoxy) is 1. The summed E-state index contributed by atoms with van der Waals surface area (Å²) in [4.78, 5) is 16.3. The van der Waals surface area contributed by atoms with Gasteiger partial charge in [-0.15, -0.1) is 0 Å².